The highest BCUT2D eigenvalue weighted by Crippen LogP contribution is 2.46. The monoisotopic (exact) mass is 705 g/mol. The molecule has 9 nitrogen and oxygen atoms in total. The van der Waals surface area contributed by atoms with E-state index in [1.165, 1.54) is 22.7 Å². The van der Waals surface area contributed by atoms with E-state index in [9.17, 15) is 19.1 Å². The normalized spacial score (nSPS) is 15.5. The number of unbranched alkanes of at least 4 members (excludes halogenated alkanes) is 3. The number of hydrogen-bond acceptors (Lipinski definition) is 10. The molecule has 1 aliphatic rings. The number of thioether (sulfide) groups is 1. The first-order valence-corrected chi connectivity index (χ1v) is 18.3. The molecule has 0 radical (unpaired) electrons. The molecule has 49 heavy (non-hydrogen) atoms. The van der Waals surface area contributed by atoms with E-state index in [0.717, 1.165) is 43.4 Å². The minimum absolute atomic E-state index is 0.0977. The minimum Gasteiger partial charge on any atom is -0.507 e. The van der Waals surface area contributed by atoms with Crippen molar-refractivity contribution in [3.63, 3.8) is 0 Å². The lowest BCUT2D eigenvalue weighted by Gasteiger charge is -2.23. The first-order chi connectivity index (χ1) is 23.9. The van der Waals surface area contributed by atoms with Crippen molar-refractivity contribution < 1.29 is 33.3 Å². The van der Waals surface area contributed by atoms with Gasteiger partial charge in [-0.2, -0.15) is 0 Å². The third kappa shape index (κ3) is 8.60. The zero-order valence-electron chi connectivity index (χ0n) is 27.8. The van der Waals surface area contributed by atoms with Crippen LogP contribution in [0, 0.1) is 5.82 Å². The van der Waals surface area contributed by atoms with Crippen LogP contribution in [0.4, 0.5) is 9.52 Å². The summed E-state index contributed by atoms with van der Waals surface area (Å²) in [5.74, 6) is -0.443. The smallest absolute Gasteiger partial charge is 0.301 e. The van der Waals surface area contributed by atoms with Crippen LogP contribution in [-0.2, 0) is 15.3 Å². The van der Waals surface area contributed by atoms with Gasteiger partial charge in [0.05, 0.1) is 31.4 Å². The highest BCUT2D eigenvalue weighted by molar-refractivity contribution is 8.00. The number of rotatable bonds is 17. The zero-order chi connectivity index (χ0) is 34.8. The summed E-state index contributed by atoms with van der Waals surface area (Å²) in [7, 11) is 0. The Morgan fingerprint density at radius 3 is 2.39 bits per heavy atom. The molecule has 2 heterocycles. The lowest BCUT2D eigenvalue weighted by Crippen LogP contribution is -2.29. The number of aliphatic hydroxyl groups is 1. The maximum atomic E-state index is 14.3. The number of halogens is 1. The Hall–Kier alpha value is -4.42. The summed E-state index contributed by atoms with van der Waals surface area (Å²) in [6.07, 6.45) is 4.89. The summed E-state index contributed by atoms with van der Waals surface area (Å²) in [6, 6.07) is 17.4. The standard InChI is InChI=1S/C37H40FN3O6S2/c1-4-7-11-21-47-29-19-16-25(22-30(29)45-6-3)32-31(33(42)24-14-17-27(18-15-24)46-20-8-5-2)34(43)35(44)41(32)36-39-40-37(49-36)48-23-26-12-9-10-13-28(26)38/h9-10,12-19,22,32,42H,4-8,11,20-21,23H2,1-3H3. The van der Waals surface area contributed by atoms with Gasteiger partial charge in [-0.05, 0) is 73.4 Å². The molecule has 1 aliphatic heterocycles. The van der Waals surface area contributed by atoms with E-state index in [-0.39, 0.29) is 22.3 Å². The van der Waals surface area contributed by atoms with Crippen molar-refractivity contribution in [3.8, 4) is 17.2 Å². The van der Waals surface area contributed by atoms with Crippen LogP contribution in [0.25, 0.3) is 5.76 Å². The quantitative estimate of drug-likeness (QED) is 0.0288. The summed E-state index contributed by atoms with van der Waals surface area (Å²) in [5, 5.41) is 20.3. The molecule has 5 rings (SSSR count). The Balaban J connectivity index is 1.53. The lowest BCUT2D eigenvalue weighted by molar-refractivity contribution is -0.132. The van der Waals surface area contributed by atoms with E-state index in [0.29, 0.717) is 63.9 Å². The first-order valence-electron chi connectivity index (χ1n) is 16.5. The molecular formula is C37H40FN3O6S2. The third-order valence-electron chi connectivity index (χ3n) is 7.84. The number of aromatic nitrogens is 2. The summed E-state index contributed by atoms with van der Waals surface area (Å²) in [5.41, 5.74) is 1.27. The third-order valence-corrected chi connectivity index (χ3v) is 9.94. The van der Waals surface area contributed by atoms with Gasteiger partial charge < -0.3 is 19.3 Å². The van der Waals surface area contributed by atoms with Gasteiger partial charge in [-0.15, -0.1) is 10.2 Å². The average Bonchev–Trinajstić information content (AvgIpc) is 3.68. The van der Waals surface area contributed by atoms with Gasteiger partial charge in [-0.1, -0.05) is 80.5 Å². The predicted octanol–water partition coefficient (Wildman–Crippen LogP) is 8.74. The van der Waals surface area contributed by atoms with Gasteiger partial charge in [0.25, 0.3) is 5.78 Å². The van der Waals surface area contributed by atoms with Crippen molar-refractivity contribution >= 4 is 45.7 Å². The summed E-state index contributed by atoms with van der Waals surface area (Å²) >= 11 is 2.38. The fraction of sp³-hybridized carbons (Fsp3) is 0.351. The maximum absolute atomic E-state index is 14.3. The van der Waals surface area contributed by atoms with Crippen molar-refractivity contribution in [2.45, 2.75) is 69.0 Å². The Morgan fingerprint density at radius 2 is 1.65 bits per heavy atom. The summed E-state index contributed by atoms with van der Waals surface area (Å²) < 4.78 is 32.5. The molecule has 1 N–H and O–H groups in total. The summed E-state index contributed by atoms with van der Waals surface area (Å²) in [6.45, 7) is 7.50. The molecular weight excluding hydrogens is 666 g/mol. The van der Waals surface area contributed by atoms with E-state index in [4.69, 9.17) is 14.2 Å². The number of amides is 1. The average molecular weight is 706 g/mol. The second-order valence-electron chi connectivity index (χ2n) is 11.3. The van der Waals surface area contributed by atoms with Gasteiger partial charge >= 0.3 is 5.91 Å². The van der Waals surface area contributed by atoms with E-state index < -0.39 is 17.7 Å². The SMILES string of the molecule is CCCCCOc1ccc(C2C(=C(O)c3ccc(OCCCC)cc3)C(=O)C(=O)N2c2nnc(SCc3ccccc3F)s2)cc1OCC. The minimum atomic E-state index is -1.05. The number of anilines is 1. The van der Waals surface area contributed by atoms with Crippen LogP contribution in [0.1, 0.15) is 75.6 Å². The molecule has 0 saturated carbocycles. The molecule has 0 bridgehead atoms. The van der Waals surface area contributed by atoms with Crippen LogP contribution in [0.3, 0.4) is 0 Å². The Bertz CT molecular complexity index is 1780. The van der Waals surface area contributed by atoms with Crippen LogP contribution in [-0.4, -0.2) is 46.8 Å². The number of aliphatic hydroxyl groups excluding tert-OH is 1. The largest absolute Gasteiger partial charge is 0.507 e. The van der Waals surface area contributed by atoms with Gasteiger partial charge in [0.1, 0.15) is 17.3 Å². The van der Waals surface area contributed by atoms with Crippen LogP contribution >= 0.6 is 23.1 Å². The van der Waals surface area contributed by atoms with E-state index in [1.54, 1.807) is 60.7 Å². The predicted molar refractivity (Wildman–Crippen MR) is 190 cm³/mol. The van der Waals surface area contributed by atoms with E-state index >= 15 is 0 Å². The number of hydrogen-bond donors (Lipinski definition) is 1. The number of nitrogens with zero attached hydrogens (tertiary/aromatic N) is 3. The molecule has 1 atom stereocenters. The van der Waals surface area contributed by atoms with Crippen LogP contribution in [0.2, 0.25) is 0 Å². The van der Waals surface area contributed by atoms with Crippen LogP contribution < -0.4 is 19.1 Å². The lowest BCUT2D eigenvalue weighted by atomic mass is 9.95. The van der Waals surface area contributed by atoms with Crippen molar-refractivity contribution in [2.75, 3.05) is 24.7 Å². The fourth-order valence-electron chi connectivity index (χ4n) is 5.27. The van der Waals surface area contributed by atoms with Gasteiger partial charge in [0, 0.05) is 11.3 Å². The first kappa shape index (κ1) is 35.9. The molecule has 1 aromatic heterocycles. The number of benzene rings is 3. The molecule has 3 aromatic carbocycles. The molecule has 1 fully saturated rings. The van der Waals surface area contributed by atoms with Gasteiger partial charge in [-0.3, -0.25) is 14.5 Å². The van der Waals surface area contributed by atoms with E-state index in [2.05, 4.69) is 24.0 Å². The number of carbonyl (C=O) groups excluding carboxylic acids is 2. The summed E-state index contributed by atoms with van der Waals surface area (Å²) in [4.78, 5) is 28.8. The molecule has 1 saturated heterocycles. The Labute approximate surface area is 294 Å². The second kappa shape index (κ2) is 17.3. The Kier molecular flexibility index (Phi) is 12.7. The second-order valence-corrected chi connectivity index (χ2v) is 13.5. The number of Topliss-reactive ketones (excluding diaryl/α,β-unsaturated/α-hetero) is 1. The molecule has 258 valence electrons. The molecule has 1 amide bonds. The van der Waals surface area contributed by atoms with Gasteiger partial charge in [0.15, 0.2) is 15.8 Å². The van der Waals surface area contributed by atoms with Crippen molar-refractivity contribution in [3.05, 3.63) is 94.8 Å². The number of ketones is 1. The van der Waals surface area contributed by atoms with Crippen LogP contribution in [0.15, 0.2) is 76.6 Å². The molecule has 0 spiro atoms. The topological polar surface area (TPSA) is 111 Å². The Morgan fingerprint density at radius 1 is 0.898 bits per heavy atom. The fourth-order valence-corrected chi connectivity index (χ4v) is 7.13. The maximum Gasteiger partial charge on any atom is 0.301 e. The number of ether oxygens (including phenoxy) is 3. The highest BCUT2D eigenvalue weighted by Gasteiger charge is 2.48. The van der Waals surface area contributed by atoms with Crippen molar-refractivity contribution in [1.82, 2.24) is 10.2 Å². The molecule has 4 aromatic rings. The van der Waals surface area contributed by atoms with Crippen LogP contribution in [0.5, 0.6) is 17.2 Å². The van der Waals surface area contributed by atoms with E-state index in [1.807, 2.05) is 6.92 Å². The van der Waals surface area contributed by atoms with Crippen molar-refractivity contribution in [2.24, 2.45) is 0 Å². The molecule has 1 unspecified atom stereocenters. The van der Waals surface area contributed by atoms with Crippen molar-refractivity contribution in [1.29, 1.82) is 0 Å². The van der Waals surface area contributed by atoms with Gasteiger partial charge in [-0.25, -0.2) is 4.39 Å². The van der Waals surface area contributed by atoms with Gasteiger partial charge in [0.2, 0.25) is 5.13 Å². The molecule has 12 heteroatoms. The molecule has 0 aliphatic carbocycles. The number of carbonyl (C=O) groups is 2. The zero-order valence-corrected chi connectivity index (χ0v) is 29.4. The highest BCUT2D eigenvalue weighted by atomic mass is 32.2.